The Morgan fingerprint density at radius 1 is 1.33 bits per heavy atom. The van der Waals surface area contributed by atoms with Crippen LogP contribution in [0.1, 0.15) is 36.9 Å². The number of thiophene rings is 1. The van der Waals surface area contributed by atoms with E-state index in [-0.39, 0.29) is 6.42 Å². The Bertz CT molecular complexity index is 933. The van der Waals surface area contributed by atoms with Crippen LogP contribution in [0.2, 0.25) is 4.34 Å². The minimum absolute atomic E-state index is 0.160. The van der Waals surface area contributed by atoms with Crippen LogP contribution in [-0.2, 0) is 25.6 Å². The standard InChI is InChI=1S/C20H24ClN3O5S/c1-11-17(23-10-14(24-11)16-12(9-22)7-15(21)30-16)29-13-5-4-6-20(8-13,18(25)27-2)19(26)28-3/h7,10,13H,4-6,8-9,22H2,1-3H3/t13-/m0/s1. The molecule has 3 rings (SSSR count). The maximum atomic E-state index is 12.4. The molecule has 1 saturated carbocycles. The molecule has 2 heterocycles. The number of ether oxygens (including phenoxy) is 3. The molecule has 8 nitrogen and oxygen atoms in total. The molecule has 0 bridgehead atoms. The number of hydrogen-bond donors (Lipinski definition) is 1. The first-order valence-corrected chi connectivity index (χ1v) is 10.7. The van der Waals surface area contributed by atoms with E-state index in [0.717, 1.165) is 10.4 Å². The maximum Gasteiger partial charge on any atom is 0.323 e. The lowest BCUT2D eigenvalue weighted by molar-refractivity contribution is -0.174. The predicted octanol–water partition coefficient (Wildman–Crippen LogP) is 3.28. The molecule has 2 aromatic heterocycles. The average molecular weight is 454 g/mol. The third kappa shape index (κ3) is 4.28. The minimum atomic E-state index is -1.36. The van der Waals surface area contributed by atoms with Crippen LogP contribution in [0.25, 0.3) is 10.6 Å². The van der Waals surface area contributed by atoms with Crippen LogP contribution < -0.4 is 10.5 Å². The number of nitrogens with zero attached hydrogens (tertiary/aromatic N) is 2. The molecule has 2 N–H and O–H groups in total. The number of rotatable bonds is 6. The van der Waals surface area contributed by atoms with E-state index < -0.39 is 23.5 Å². The minimum Gasteiger partial charge on any atom is -0.473 e. The molecular weight excluding hydrogens is 430 g/mol. The van der Waals surface area contributed by atoms with E-state index in [0.29, 0.717) is 47.4 Å². The number of halogens is 1. The average Bonchev–Trinajstić information content (AvgIpc) is 3.14. The monoisotopic (exact) mass is 453 g/mol. The van der Waals surface area contributed by atoms with Gasteiger partial charge in [-0.25, -0.2) is 9.97 Å². The van der Waals surface area contributed by atoms with E-state index in [1.807, 2.05) is 6.07 Å². The molecule has 30 heavy (non-hydrogen) atoms. The number of hydrogen-bond acceptors (Lipinski definition) is 9. The van der Waals surface area contributed by atoms with Gasteiger partial charge < -0.3 is 19.9 Å². The Morgan fingerprint density at radius 3 is 2.63 bits per heavy atom. The summed E-state index contributed by atoms with van der Waals surface area (Å²) >= 11 is 7.50. The fourth-order valence-corrected chi connectivity index (χ4v) is 5.02. The zero-order chi connectivity index (χ0) is 21.9. The zero-order valence-electron chi connectivity index (χ0n) is 17.1. The van der Waals surface area contributed by atoms with Crippen LogP contribution in [0.3, 0.4) is 0 Å². The Hall–Kier alpha value is -2.23. The lowest BCUT2D eigenvalue weighted by atomic mass is 9.72. The fraction of sp³-hybridized carbons (Fsp3) is 0.500. The second kappa shape index (κ2) is 9.28. The van der Waals surface area contributed by atoms with Gasteiger partial charge in [0.1, 0.15) is 11.8 Å². The fourth-order valence-electron chi connectivity index (χ4n) is 3.79. The van der Waals surface area contributed by atoms with Gasteiger partial charge in [0.15, 0.2) is 5.41 Å². The van der Waals surface area contributed by atoms with Gasteiger partial charge in [0.05, 0.1) is 35.3 Å². The van der Waals surface area contributed by atoms with Gasteiger partial charge in [0, 0.05) is 13.0 Å². The summed E-state index contributed by atoms with van der Waals surface area (Å²) in [7, 11) is 2.52. The molecule has 0 spiro atoms. The second-order valence-corrected chi connectivity index (χ2v) is 8.84. The normalized spacial score (nSPS) is 18.0. The topological polar surface area (TPSA) is 114 Å². The molecule has 1 fully saturated rings. The van der Waals surface area contributed by atoms with E-state index in [4.69, 9.17) is 31.5 Å². The Labute approximate surface area is 183 Å². The van der Waals surface area contributed by atoms with Gasteiger partial charge in [-0.3, -0.25) is 9.59 Å². The summed E-state index contributed by atoms with van der Waals surface area (Å²) in [5.41, 5.74) is 6.59. The van der Waals surface area contributed by atoms with Gasteiger partial charge in [-0.1, -0.05) is 11.6 Å². The molecule has 1 aliphatic rings. The molecule has 1 aliphatic carbocycles. The molecule has 0 radical (unpaired) electrons. The highest BCUT2D eigenvalue weighted by atomic mass is 35.5. The van der Waals surface area contributed by atoms with Crippen LogP contribution in [0, 0.1) is 12.3 Å². The first-order valence-electron chi connectivity index (χ1n) is 9.50. The SMILES string of the molecule is COC(=O)C1(C(=O)OC)CCC[C@H](Oc2ncc(-c3sc(Cl)cc3CN)nc2C)C1. The highest BCUT2D eigenvalue weighted by Crippen LogP contribution is 2.40. The van der Waals surface area contributed by atoms with Crippen molar-refractivity contribution in [1.82, 2.24) is 9.97 Å². The smallest absolute Gasteiger partial charge is 0.323 e. The summed E-state index contributed by atoms with van der Waals surface area (Å²) in [5, 5.41) is 0. The van der Waals surface area contributed by atoms with Crippen LogP contribution in [0.4, 0.5) is 0 Å². The lowest BCUT2D eigenvalue weighted by Crippen LogP contribution is -2.47. The summed E-state index contributed by atoms with van der Waals surface area (Å²) in [6.07, 6.45) is 3.03. The maximum absolute atomic E-state index is 12.4. The van der Waals surface area contributed by atoms with Crippen LogP contribution in [0.15, 0.2) is 12.3 Å². The van der Waals surface area contributed by atoms with Crippen LogP contribution in [0.5, 0.6) is 5.88 Å². The van der Waals surface area contributed by atoms with Crippen molar-refractivity contribution in [2.75, 3.05) is 14.2 Å². The molecule has 1 atom stereocenters. The Morgan fingerprint density at radius 2 is 2.03 bits per heavy atom. The van der Waals surface area contributed by atoms with Gasteiger partial charge in [-0.15, -0.1) is 11.3 Å². The van der Waals surface area contributed by atoms with E-state index in [2.05, 4.69) is 9.97 Å². The zero-order valence-corrected chi connectivity index (χ0v) is 18.6. The second-order valence-electron chi connectivity index (χ2n) is 7.16. The van der Waals surface area contributed by atoms with Crippen molar-refractivity contribution in [3.63, 3.8) is 0 Å². The molecule has 0 aliphatic heterocycles. The summed E-state index contributed by atoms with van der Waals surface area (Å²) in [6, 6.07) is 1.82. The van der Waals surface area contributed by atoms with Crippen molar-refractivity contribution in [2.24, 2.45) is 11.1 Å². The first kappa shape index (κ1) is 22.5. The Kier molecular flexibility index (Phi) is 6.95. The van der Waals surface area contributed by atoms with E-state index in [1.54, 1.807) is 13.1 Å². The molecular formula is C20H24ClN3O5S. The number of methoxy groups -OCH3 is 2. The third-order valence-corrected chi connectivity index (χ3v) is 6.60. The van der Waals surface area contributed by atoms with Gasteiger partial charge >= 0.3 is 11.9 Å². The highest BCUT2D eigenvalue weighted by molar-refractivity contribution is 7.19. The van der Waals surface area contributed by atoms with Crippen molar-refractivity contribution in [3.05, 3.63) is 27.9 Å². The highest BCUT2D eigenvalue weighted by Gasteiger charge is 2.52. The van der Waals surface area contributed by atoms with Crippen molar-refractivity contribution < 1.29 is 23.8 Å². The number of aromatic nitrogens is 2. The first-order chi connectivity index (χ1) is 14.3. The number of carbonyl (C=O) groups is 2. The molecule has 0 saturated heterocycles. The van der Waals surface area contributed by atoms with Crippen molar-refractivity contribution in [1.29, 1.82) is 0 Å². The van der Waals surface area contributed by atoms with Gasteiger partial charge in [-0.2, -0.15) is 0 Å². The Balaban J connectivity index is 1.82. The number of esters is 2. The van der Waals surface area contributed by atoms with E-state index >= 15 is 0 Å². The summed E-state index contributed by atoms with van der Waals surface area (Å²) in [6.45, 7) is 2.14. The summed E-state index contributed by atoms with van der Waals surface area (Å²) < 4.78 is 16.4. The largest absolute Gasteiger partial charge is 0.473 e. The molecule has 162 valence electrons. The van der Waals surface area contributed by atoms with E-state index in [9.17, 15) is 9.59 Å². The van der Waals surface area contributed by atoms with Crippen molar-refractivity contribution in [2.45, 2.75) is 45.3 Å². The number of aryl methyl sites for hydroxylation is 1. The van der Waals surface area contributed by atoms with Crippen molar-refractivity contribution in [3.8, 4) is 16.5 Å². The number of nitrogens with two attached hydrogens (primary N) is 1. The van der Waals surface area contributed by atoms with Gasteiger partial charge in [0.2, 0.25) is 5.88 Å². The van der Waals surface area contributed by atoms with Crippen LogP contribution >= 0.6 is 22.9 Å². The van der Waals surface area contributed by atoms with Crippen LogP contribution in [-0.4, -0.2) is 42.2 Å². The predicted molar refractivity (Wildman–Crippen MR) is 112 cm³/mol. The lowest BCUT2D eigenvalue weighted by Gasteiger charge is -2.36. The molecule has 0 aromatic carbocycles. The van der Waals surface area contributed by atoms with Gasteiger partial charge in [-0.05, 0) is 37.8 Å². The van der Waals surface area contributed by atoms with Crippen molar-refractivity contribution >= 4 is 34.9 Å². The molecule has 2 aromatic rings. The van der Waals surface area contributed by atoms with Gasteiger partial charge in [0.25, 0.3) is 0 Å². The van der Waals surface area contributed by atoms with E-state index in [1.165, 1.54) is 25.6 Å². The third-order valence-electron chi connectivity index (χ3n) is 5.27. The number of carbonyl (C=O) groups excluding carboxylic acids is 2. The molecule has 10 heteroatoms. The molecule has 0 amide bonds. The molecule has 0 unspecified atom stereocenters. The summed E-state index contributed by atoms with van der Waals surface area (Å²) in [5.74, 6) is -0.861. The quantitative estimate of drug-likeness (QED) is 0.523. The summed E-state index contributed by atoms with van der Waals surface area (Å²) in [4.78, 5) is 34.7.